The van der Waals surface area contributed by atoms with Crippen LogP contribution in [-0.4, -0.2) is 41.0 Å². The molecule has 0 bridgehead atoms. The molecule has 184 valence electrons. The van der Waals surface area contributed by atoms with Gasteiger partial charge in [-0.1, -0.05) is 35.1 Å². The fourth-order valence-electron chi connectivity index (χ4n) is 4.51. The van der Waals surface area contributed by atoms with Crippen molar-refractivity contribution in [3.05, 3.63) is 80.3 Å². The second kappa shape index (κ2) is 9.07. The van der Waals surface area contributed by atoms with Gasteiger partial charge in [-0.25, -0.2) is 9.78 Å². The van der Waals surface area contributed by atoms with Crippen LogP contribution in [0.25, 0.3) is 5.76 Å². The number of carbonyl (C=O) groups is 3. The third kappa shape index (κ3) is 3.94. The first-order valence-corrected chi connectivity index (χ1v) is 12.3. The molecule has 1 aromatic heterocycles. The highest BCUT2D eigenvalue weighted by Gasteiger charge is 2.48. The first-order valence-electron chi connectivity index (χ1n) is 11.1. The molecule has 1 fully saturated rings. The highest BCUT2D eigenvalue weighted by atomic mass is 35.5. The molecule has 2 aromatic carbocycles. The molecular formula is C26H21ClN2O6S. The van der Waals surface area contributed by atoms with Gasteiger partial charge in [-0.05, 0) is 55.3 Å². The Bertz CT molecular complexity index is 1460. The second-order valence-corrected chi connectivity index (χ2v) is 10.00. The van der Waals surface area contributed by atoms with Crippen molar-refractivity contribution >= 4 is 51.5 Å². The van der Waals surface area contributed by atoms with Gasteiger partial charge in [0.05, 0.1) is 24.4 Å². The van der Waals surface area contributed by atoms with E-state index in [1.54, 1.807) is 49.4 Å². The van der Waals surface area contributed by atoms with E-state index >= 15 is 0 Å². The van der Waals surface area contributed by atoms with Crippen LogP contribution < -0.4 is 9.64 Å². The van der Waals surface area contributed by atoms with Crippen molar-refractivity contribution in [3.8, 4) is 5.75 Å². The van der Waals surface area contributed by atoms with E-state index in [0.717, 1.165) is 22.6 Å². The molecule has 5 rings (SSSR count). The minimum Gasteiger partial charge on any atom is -0.507 e. The van der Waals surface area contributed by atoms with E-state index < -0.39 is 23.7 Å². The summed E-state index contributed by atoms with van der Waals surface area (Å²) in [5, 5.41) is 11.9. The largest absolute Gasteiger partial charge is 0.507 e. The molecule has 1 N–H and O–H groups in total. The monoisotopic (exact) mass is 524 g/mol. The summed E-state index contributed by atoms with van der Waals surface area (Å²) in [7, 11) is 1.25. The number of hydrogen-bond donors (Lipinski definition) is 1. The molecule has 0 unspecified atom stereocenters. The quantitative estimate of drug-likeness (QED) is 0.225. The number of ether oxygens (including phenoxy) is 2. The highest BCUT2D eigenvalue weighted by molar-refractivity contribution is 7.17. The van der Waals surface area contributed by atoms with Gasteiger partial charge >= 0.3 is 11.9 Å². The van der Waals surface area contributed by atoms with Crippen molar-refractivity contribution in [1.82, 2.24) is 4.98 Å². The predicted octanol–water partition coefficient (Wildman–Crippen LogP) is 4.84. The van der Waals surface area contributed by atoms with Crippen molar-refractivity contribution in [2.45, 2.75) is 32.4 Å². The number of Topliss-reactive ketones (excluding diaryl/α,β-unsaturated/α-hetero) is 1. The van der Waals surface area contributed by atoms with Crippen LogP contribution in [0.5, 0.6) is 5.75 Å². The van der Waals surface area contributed by atoms with E-state index in [0.29, 0.717) is 28.3 Å². The average Bonchev–Trinajstić information content (AvgIpc) is 3.50. The lowest BCUT2D eigenvalue weighted by Crippen LogP contribution is -2.29. The summed E-state index contributed by atoms with van der Waals surface area (Å²) >= 11 is 7.18. The van der Waals surface area contributed by atoms with Crippen LogP contribution in [0.2, 0.25) is 5.02 Å². The Labute approximate surface area is 215 Å². The minimum absolute atomic E-state index is 0.00610. The van der Waals surface area contributed by atoms with Crippen LogP contribution >= 0.6 is 22.9 Å². The Hall–Kier alpha value is -3.69. The zero-order chi connectivity index (χ0) is 25.7. The number of benzene rings is 2. The summed E-state index contributed by atoms with van der Waals surface area (Å²) in [5.74, 6) is -1.93. The number of ketones is 1. The summed E-state index contributed by atoms with van der Waals surface area (Å²) in [6.07, 6.45) is 0.670. The van der Waals surface area contributed by atoms with Gasteiger partial charge in [0.15, 0.2) is 5.13 Å². The molecule has 36 heavy (non-hydrogen) atoms. The smallest absolute Gasteiger partial charge is 0.350 e. The number of aliphatic hydroxyl groups is 1. The molecule has 10 heteroatoms. The van der Waals surface area contributed by atoms with Gasteiger partial charge < -0.3 is 14.6 Å². The van der Waals surface area contributed by atoms with Crippen molar-refractivity contribution < 1.29 is 29.0 Å². The number of esters is 1. The molecule has 0 spiro atoms. The first-order chi connectivity index (χ1) is 17.2. The van der Waals surface area contributed by atoms with Crippen LogP contribution in [0.15, 0.2) is 48.0 Å². The summed E-state index contributed by atoms with van der Waals surface area (Å²) in [5.41, 5.74) is 2.07. The fourth-order valence-corrected chi connectivity index (χ4v) is 5.72. The summed E-state index contributed by atoms with van der Waals surface area (Å²) in [6.45, 7) is 3.56. The molecule has 0 saturated carbocycles. The Morgan fingerprint density at radius 2 is 2.03 bits per heavy atom. The Morgan fingerprint density at radius 3 is 2.75 bits per heavy atom. The molecule has 3 heterocycles. The van der Waals surface area contributed by atoms with Crippen molar-refractivity contribution in [2.75, 3.05) is 12.0 Å². The first kappa shape index (κ1) is 24.0. The number of aryl methyl sites for hydroxylation is 1. The van der Waals surface area contributed by atoms with Crippen LogP contribution in [0.1, 0.15) is 45.0 Å². The van der Waals surface area contributed by atoms with Crippen LogP contribution in [0.4, 0.5) is 5.13 Å². The van der Waals surface area contributed by atoms with Gasteiger partial charge in [0.1, 0.15) is 22.5 Å². The standard InChI is InChI=1S/C26H21ClN2O6S/c1-12-9-16-10-15(7-8-18(16)35-12)21(30)19-20(14-5-4-6-17(27)11-14)29(24(32)22(19)31)26-28-13(2)23(36-26)25(33)34-3/h4-8,10-12,20,30H,9H2,1-3H3/b21-19+/t12-,20+/m1/s1. The molecule has 2 aliphatic heterocycles. The number of fused-ring (bicyclic) bond motifs is 1. The van der Waals surface area contributed by atoms with Crippen molar-refractivity contribution in [1.29, 1.82) is 0 Å². The minimum atomic E-state index is -1.01. The highest BCUT2D eigenvalue weighted by Crippen LogP contribution is 2.44. The fraction of sp³-hybridized carbons (Fsp3) is 0.231. The van der Waals surface area contributed by atoms with Gasteiger partial charge in [-0.3, -0.25) is 14.5 Å². The number of thiazole rings is 1. The Kier molecular flexibility index (Phi) is 6.05. The molecule has 2 atom stereocenters. The lowest BCUT2D eigenvalue weighted by Gasteiger charge is -2.23. The maximum absolute atomic E-state index is 13.4. The van der Waals surface area contributed by atoms with Crippen LogP contribution in [0.3, 0.4) is 0 Å². The van der Waals surface area contributed by atoms with Gasteiger partial charge in [0, 0.05) is 17.0 Å². The Morgan fingerprint density at radius 1 is 1.25 bits per heavy atom. The van der Waals surface area contributed by atoms with E-state index in [-0.39, 0.29) is 27.4 Å². The number of halogens is 1. The number of nitrogens with zero attached hydrogens (tertiary/aromatic N) is 2. The summed E-state index contributed by atoms with van der Waals surface area (Å²) < 4.78 is 10.6. The lowest BCUT2D eigenvalue weighted by molar-refractivity contribution is -0.132. The predicted molar refractivity (Wildman–Crippen MR) is 135 cm³/mol. The molecular weight excluding hydrogens is 504 g/mol. The zero-order valence-corrected chi connectivity index (χ0v) is 21.1. The van der Waals surface area contributed by atoms with Gasteiger partial charge in [-0.15, -0.1) is 0 Å². The number of aliphatic hydroxyl groups excluding tert-OH is 1. The molecule has 8 nitrogen and oxygen atoms in total. The van der Waals surface area contributed by atoms with E-state index in [4.69, 9.17) is 21.1 Å². The average molecular weight is 525 g/mol. The normalized spacial score (nSPS) is 20.4. The lowest BCUT2D eigenvalue weighted by atomic mass is 9.94. The zero-order valence-electron chi connectivity index (χ0n) is 19.6. The molecule has 3 aromatic rings. The number of amides is 1. The summed E-state index contributed by atoms with van der Waals surface area (Å²) in [4.78, 5) is 44.7. The van der Waals surface area contributed by atoms with Gasteiger partial charge in [0.25, 0.3) is 5.78 Å². The number of carbonyl (C=O) groups excluding carboxylic acids is 3. The molecule has 1 saturated heterocycles. The molecule has 0 radical (unpaired) electrons. The number of rotatable bonds is 4. The Balaban J connectivity index is 1.69. The maximum Gasteiger partial charge on any atom is 0.350 e. The van der Waals surface area contributed by atoms with Crippen LogP contribution in [0, 0.1) is 6.92 Å². The number of hydrogen-bond acceptors (Lipinski definition) is 8. The van der Waals surface area contributed by atoms with E-state index in [9.17, 15) is 19.5 Å². The van der Waals surface area contributed by atoms with Gasteiger partial charge in [-0.2, -0.15) is 0 Å². The van der Waals surface area contributed by atoms with Crippen molar-refractivity contribution in [2.24, 2.45) is 0 Å². The van der Waals surface area contributed by atoms with E-state index in [1.165, 1.54) is 12.0 Å². The topological polar surface area (TPSA) is 106 Å². The second-order valence-electron chi connectivity index (χ2n) is 8.58. The van der Waals surface area contributed by atoms with E-state index in [2.05, 4.69) is 4.98 Å². The SMILES string of the molecule is COC(=O)c1sc(N2C(=O)C(=O)/C(=C(/O)c3ccc4c(c3)C[C@@H](C)O4)[C@@H]2c2cccc(Cl)c2)nc1C. The van der Waals surface area contributed by atoms with Gasteiger partial charge in [0.2, 0.25) is 0 Å². The maximum atomic E-state index is 13.4. The number of anilines is 1. The van der Waals surface area contributed by atoms with E-state index in [1.807, 2.05) is 6.92 Å². The molecule has 1 amide bonds. The van der Waals surface area contributed by atoms with Crippen molar-refractivity contribution in [3.63, 3.8) is 0 Å². The third-order valence-electron chi connectivity index (χ3n) is 6.14. The number of methoxy groups -OCH3 is 1. The number of aromatic nitrogens is 1. The molecule has 2 aliphatic rings. The van der Waals surface area contributed by atoms with Crippen LogP contribution in [-0.2, 0) is 20.7 Å². The third-order valence-corrected chi connectivity index (χ3v) is 7.51. The molecule has 0 aliphatic carbocycles. The summed E-state index contributed by atoms with van der Waals surface area (Å²) in [6, 6.07) is 10.8.